The first-order chi connectivity index (χ1) is 6.22. The zero-order valence-electron chi connectivity index (χ0n) is 9.03. The van der Waals surface area contributed by atoms with Gasteiger partial charge >= 0.3 is 6.16 Å². The van der Waals surface area contributed by atoms with Gasteiger partial charge in [0.1, 0.15) is 11.2 Å². The van der Waals surface area contributed by atoms with Gasteiger partial charge in [-0.05, 0) is 27.7 Å². The maximum absolute atomic E-state index is 11.1. The summed E-state index contributed by atoms with van der Waals surface area (Å²) in [5.41, 5.74) is -1.94. The SMILES string of the molecule is CC(C)(CO)OC(=O)OC(C)(C)CO. The summed E-state index contributed by atoms with van der Waals surface area (Å²) in [6, 6.07) is 0. The predicted octanol–water partition coefficient (Wildman–Crippen LogP) is 0.681. The molecule has 0 unspecified atom stereocenters. The molecular formula is C9H18O5. The van der Waals surface area contributed by atoms with Crippen molar-refractivity contribution in [1.29, 1.82) is 0 Å². The Morgan fingerprint density at radius 3 is 1.50 bits per heavy atom. The minimum Gasteiger partial charge on any atom is -0.426 e. The van der Waals surface area contributed by atoms with E-state index >= 15 is 0 Å². The van der Waals surface area contributed by atoms with Crippen molar-refractivity contribution in [2.75, 3.05) is 13.2 Å². The largest absolute Gasteiger partial charge is 0.509 e. The lowest BCUT2D eigenvalue weighted by atomic mass is 10.1. The third kappa shape index (κ3) is 5.04. The van der Waals surface area contributed by atoms with Crippen LogP contribution in [0.3, 0.4) is 0 Å². The number of carbonyl (C=O) groups excluding carboxylic acids is 1. The summed E-state index contributed by atoms with van der Waals surface area (Å²) < 4.78 is 9.60. The highest BCUT2D eigenvalue weighted by atomic mass is 16.7. The van der Waals surface area contributed by atoms with E-state index in [1.54, 1.807) is 27.7 Å². The van der Waals surface area contributed by atoms with Crippen LogP contribution >= 0.6 is 0 Å². The number of aliphatic hydroxyl groups is 2. The first kappa shape index (κ1) is 13.2. The number of hydrogen-bond acceptors (Lipinski definition) is 5. The molecule has 0 amide bonds. The van der Waals surface area contributed by atoms with Crippen LogP contribution in [0.1, 0.15) is 27.7 Å². The molecule has 0 rings (SSSR count). The van der Waals surface area contributed by atoms with Gasteiger partial charge in [-0.25, -0.2) is 4.79 Å². The summed E-state index contributed by atoms with van der Waals surface area (Å²) in [4.78, 5) is 11.1. The van der Waals surface area contributed by atoms with Gasteiger partial charge in [0, 0.05) is 0 Å². The van der Waals surface area contributed by atoms with E-state index in [9.17, 15) is 4.79 Å². The van der Waals surface area contributed by atoms with Gasteiger partial charge in [-0.15, -0.1) is 0 Å². The van der Waals surface area contributed by atoms with Crippen LogP contribution in [-0.2, 0) is 9.47 Å². The van der Waals surface area contributed by atoms with E-state index in [1.807, 2.05) is 0 Å². The highest BCUT2D eigenvalue weighted by molar-refractivity contribution is 5.61. The van der Waals surface area contributed by atoms with Crippen LogP contribution < -0.4 is 0 Å². The van der Waals surface area contributed by atoms with Gasteiger partial charge < -0.3 is 19.7 Å². The van der Waals surface area contributed by atoms with Gasteiger partial charge in [0.2, 0.25) is 0 Å². The van der Waals surface area contributed by atoms with Crippen molar-refractivity contribution >= 4 is 6.16 Å². The molecule has 0 saturated carbocycles. The smallest absolute Gasteiger partial charge is 0.426 e. The third-order valence-corrected chi connectivity index (χ3v) is 1.48. The van der Waals surface area contributed by atoms with Gasteiger partial charge in [-0.3, -0.25) is 0 Å². The van der Waals surface area contributed by atoms with Crippen LogP contribution in [0.2, 0.25) is 0 Å². The molecule has 84 valence electrons. The molecule has 0 saturated heterocycles. The summed E-state index contributed by atoms with van der Waals surface area (Å²) in [5.74, 6) is 0. The minimum atomic E-state index is -0.970. The fraction of sp³-hybridized carbons (Fsp3) is 0.889. The number of rotatable bonds is 4. The van der Waals surface area contributed by atoms with Gasteiger partial charge in [0.05, 0.1) is 13.2 Å². The Labute approximate surface area is 83.6 Å². The van der Waals surface area contributed by atoms with Crippen molar-refractivity contribution < 1.29 is 24.5 Å². The standard InChI is InChI=1S/C9H18O5/c1-8(2,5-10)13-7(12)14-9(3,4)6-11/h10-11H,5-6H2,1-4H3. The average molecular weight is 206 g/mol. The second-order valence-corrected chi connectivity index (χ2v) is 4.29. The summed E-state index contributed by atoms with van der Waals surface area (Å²) in [6.45, 7) is 5.64. The van der Waals surface area contributed by atoms with Crippen molar-refractivity contribution in [2.24, 2.45) is 0 Å². The molecule has 0 spiro atoms. The number of hydrogen-bond donors (Lipinski definition) is 2. The summed E-state index contributed by atoms with van der Waals surface area (Å²) in [5, 5.41) is 17.6. The van der Waals surface area contributed by atoms with E-state index in [1.165, 1.54) is 0 Å². The lowest BCUT2D eigenvalue weighted by Crippen LogP contribution is -2.38. The van der Waals surface area contributed by atoms with Gasteiger partial charge in [0.15, 0.2) is 0 Å². The van der Waals surface area contributed by atoms with E-state index in [0.29, 0.717) is 0 Å². The number of aliphatic hydroxyl groups excluding tert-OH is 2. The Morgan fingerprint density at radius 2 is 1.29 bits per heavy atom. The van der Waals surface area contributed by atoms with E-state index in [-0.39, 0.29) is 13.2 Å². The predicted molar refractivity (Wildman–Crippen MR) is 49.9 cm³/mol. The fourth-order valence-electron chi connectivity index (χ4n) is 0.537. The molecule has 0 aliphatic rings. The lowest BCUT2D eigenvalue weighted by Gasteiger charge is -2.26. The van der Waals surface area contributed by atoms with Crippen LogP contribution in [0, 0.1) is 0 Å². The Kier molecular flexibility index (Phi) is 4.35. The molecule has 0 heterocycles. The molecule has 14 heavy (non-hydrogen) atoms. The van der Waals surface area contributed by atoms with Gasteiger partial charge in [0.25, 0.3) is 0 Å². The van der Waals surface area contributed by atoms with Crippen LogP contribution in [-0.4, -0.2) is 40.8 Å². The molecule has 0 atom stereocenters. The molecule has 0 bridgehead atoms. The molecule has 5 nitrogen and oxygen atoms in total. The van der Waals surface area contributed by atoms with Crippen molar-refractivity contribution in [3.63, 3.8) is 0 Å². The highest BCUT2D eigenvalue weighted by Crippen LogP contribution is 2.14. The first-order valence-electron chi connectivity index (χ1n) is 4.36. The third-order valence-electron chi connectivity index (χ3n) is 1.48. The normalized spacial score (nSPS) is 12.4. The van der Waals surface area contributed by atoms with Crippen LogP contribution in [0.5, 0.6) is 0 Å². The van der Waals surface area contributed by atoms with Gasteiger partial charge in [-0.1, -0.05) is 0 Å². The molecule has 0 aliphatic heterocycles. The fourth-order valence-corrected chi connectivity index (χ4v) is 0.537. The molecule has 2 N–H and O–H groups in total. The zero-order chi connectivity index (χ0) is 11.4. The maximum atomic E-state index is 11.1. The molecule has 0 aromatic rings. The Bertz CT molecular complexity index is 177. The molecular weight excluding hydrogens is 188 g/mol. The van der Waals surface area contributed by atoms with Crippen molar-refractivity contribution in [3.8, 4) is 0 Å². The van der Waals surface area contributed by atoms with E-state index in [2.05, 4.69) is 0 Å². The number of ether oxygens (including phenoxy) is 2. The van der Waals surface area contributed by atoms with Crippen molar-refractivity contribution in [3.05, 3.63) is 0 Å². The van der Waals surface area contributed by atoms with Gasteiger partial charge in [-0.2, -0.15) is 0 Å². The summed E-state index contributed by atoms with van der Waals surface area (Å²) in [7, 11) is 0. The van der Waals surface area contributed by atoms with Crippen LogP contribution in [0.15, 0.2) is 0 Å². The van der Waals surface area contributed by atoms with E-state index in [0.717, 1.165) is 0 Å². The van der Waals surface area contributed by atoms with E-state index in [4.69, 9.17) is 19.7 Å². The molecule has 5 heteroatoms. The molecule has 0 aromatic heterocycles. The summed E-state index contributed by atoms with van der Waals surface area (Å²) in [6.07, 6.45) is -0.900. The second-order valence-electron chi connectivity index (χ2n) is 4.29. The van der Waals surface area contributed by atoms with Crippen LogP contribution in [0.4, 0.5) is 4.79 Å². The second kappa shape index (κ2) is 4.61. The quantitative estimate of drug-likeness (QED) is 0.661. The molecule has 0 aromatic carbocycles. The monoisotopic (exact) mass is 206 g/mol. The topological polar surface area (TPSA) is 76.0 Å². The maximum Gasteiger partial charge on any atom is 0.509 e. The molecule has 0 aliphatic carbocycles. The Balaban J connectivity index is 4.12. The van der Waals surface area contributed by atoms with Crippen molar-refractivity contribution in [2.45, 2.75) is 38.9 Å². The Hall–Kier alpha value is -0.810. The average Bonchev–Trinajstić information content (AvgIpc) is 2.02. The van der Waals surface area contributed by atoms with Crippen molar-refractivity contribution in [1.82, 2.24) is 0 Å². The highest BCUT2D eigenvalue weighted by Gasteiger charge is 2.28. The number of carbonyl (C=O) groups is 1. The molecule has 0 radical (unpaired) electrons. The first-order valence-corrected chi connectivity index (χ1v) is 4.36. The van der Waals surface area contributed by atoms with E-state index < -0.39 is 17.4 Å². The minimum absolute atomic E-state index is 0.290. The van der Waals surface area contributed by atoms with Crippen LogP contribution in [0.25, 0.3) is 0 Å². The lowest BCUT2D eigenvalue weighted by molar-refractivity contribution is -0.0863. The zero-order valence-corrected chi connectivity index (χ0v) is 9.03. The molecule has 0 fully saturated rings. The summed E-state index contributed by atoms with van der Waals surface area (Å²) >= 11 is 0. The Morgan fingerprint density at radius 1 is 1.00 bits per heavy atom.